The Morgan fingerprint density at radius 3 is 2.08 bits per heavy atom. The molecule has 0 bridgehead atoms. The Kier molecular flexibility index (Phi) is 8.01. The zero-order valence-electron chi connectivity index (χ0n) is 14.0. The molecule has 1 aromatic rings. The van der Waals surface area contributed by atoms with Crippen molar-refractivity contribution in [3.8, 4) is 0 Å². The minimum Gasteiger partial charge on any atom is -0.466 e. The summed E-state index contributed by atoms with van der Waals surface area (Å²) >= 11 is 0. The number of hydrogen-bond acceptors (Lipinski definition) is 8. The van der Waals surface area contributed by atoms with Gasteiger partial charge in [0.25, 0.3) is 0 Å². The zero-order valence-corrected chi connectivity index (χ0v) is 14.0. The minimum absolute atomic E-state index is 0.508. The second-order valence-corrected chi connectivity index (χ2v) is 4.70. The maximum absolute atomic E-state index is 12.0. The highest BCUT2D eigenvalue weighted by molar-refractivity contribution is 5.94. The lowest BCUT2D eigenvalue weighted by Gasteiger charge is -2.15. The van der Waals surface area contributed by atoms with Crippen LogP contribution in [-0.4, -0.2) is 44.2 Å². The largest absolute Gasteiger partial charge is 0.466 e. The molecule has 8 nitrogen and oxygen atoms in total. The van der Waals surface area contributed by atoms with E-state index >= 15 is 0 Å². The summed E-state index contributed by atoms with van der Waals surface area (Å²) in [7, 11) is 2.44. The minimum atomic E-state index is -1.35. The fraction of sp³-hybridized carbons (Fsp3) is 0.294. The Morgan fingerprint density at radius 2 is 1.52 bits per heavy atom. The van der Waals surface area contributed by atoms with Gasteiger partial charge < -0.3 is 18.9 Å². The van der Waals surface area contributed by atoms with Crippen molar-refractivity contribution in [2.75, 3.05) is 14.2 Å². The molecule has 134 valence electrons. The van der Waals surface area contributed by atoms with Crippen molar-refractivity contribution in [3.63, 3.8) is 0 Å². The molecule has 0 aliphatic carbocycles. The molecule has 2 atom stereocenters. The van der Waals surface area contributed by atoms with Crippen LogP contribution in [0.15, 0.2) is 42.5 Å². The number of ether oxygens (including phenoxy) is 4. The van der Waals surface area contributed by atoms with Gasteiger partial charge in [-0.15, -0.1) is 0 Å². The third-order valence-electron chi connectivity index (χ3n) is 2.93. The smallest absolute Gasteiger partial charge is 0.354 e. The van der Waals surface area contributed by atoms with Crippen LogP contribution in [0.5, 0.6) is 0 Å². The molecule has 0 aromatic heterocycles. The molecule has 8 heteroatoms. The highest BCUT2D eigenvalue weighted by Crippen LogP contribution is 2.18. The summed E-state index contributed by atoms with van der Waals surface area (Å²) in [5.41, 5.74) is 0.508. The first-order valence-corrected chi connectivity index (χ1v) is 7.19. The van der Waals surface area contributed by atoms with Crippen molar-refractivity contribution in [3.05, 3.63) is 48.0 Å². The average molecular weight is 350 g/mol. The molecule has 1 rings (SSSR count). The van der Waals surface area contributed by atoms with E-state index in [2.05, 4.69) is 9.47 Å². The Balaban J connectivity index is 2.61. The maximum atomic E-state index is 12.0. The van der Waals surface area contributed by atoms with Crippen LogP contribution in [0.3, 0.4) is 0 Å². The van der Waals surface area contributed by atoms with Crippen LogP contribution in [0, 0.1) is 0 Å². The van der Waals surface area contributed by atoms with Crippen molar-refractivity contribution >= 4 is 23.9 Å². The van der Waals surface area contributed by atoms with Gasteiger partial charge in [-0.25, -0.2) is 19.2 Å². The molecule has 1 aromatic carbocycles. The van der Waals surface area contributed by atoms with E-state index in [0.717, 1.165) is 19.3 Å². The van der Waals surface area contributed by atoms with Crippen LogP contribution in [-0.2, 0) is 38.1 Å². The van der Waals surface area contributed by atoms with Crippen molar-refractivity contribution in [1.29, 1.82) is 0 Å². The molecule has 0 saturated carbocycles. The first-order chi connectivity index (χ1) is 11.9. The van der Waals surface area contributed by atoms with Gasteiger partial charge >= 0.3 is 23.9 Å². The molecule has 0 aliphatic rings. The van der Waals surface area contributed by atoms with E-state index < -0.39 is 36.1 Å². The van der Waals surface area contributed by atoms with Crippen molar-refractivity contribution in [2.24, 2.45) is 0 Å². The molecular formula is C17H18O8. The summed E-state index contributed by atoms with van der Waals surface area (Å²) in [6.45, 7) is 1.23. The van der Waals surface area contributed by atoms with E-state index in [1.165, 1.54) is 14.0 Å². The lowest BCUT2D eigenvalue weighted by molar-refractivity contribution is -0.176. The highest BCUT2D eigenvalue weighted by Gasteiger charge is 2.28. The van der Waals surface area contributed by atoms with Gasteiger partial charge in [-0.2, -0.15) is 0 Å². The fourth-order valence-corrected chi connectivity index (χ4v) is 1.70. The number of carbonyl (C=O) groups excluding carboxylic acids is 4. The molecule has 0 radical (unpaired) electrons. The quantitative estimate of drug-likeness (QED) is 0.312. The van der Waals surface area contributed by atoms with E-state index in [1.807, 2.05) is 0 Å². The van der Waals surface area contributed by atoms with Crippen LogP contribution in [0.4, 0.5) is 0 Å². The number of rotatable bonds is 7. The molecule has 0 heterocycles. The number of esters is 4. The molecule has 0 N–H and O–H groups in total. The topological polar surface area (TPSA) is 105 Å². The van der Waals surface area contributed by atoms with E-state index in [4.69, 9.17) is 9.47 Å². The van der Waals surface area contributed by atoms with Crippen LogP contribution >= 0.6 is 0 Å². The second-order valence-electron chi connectivity index (χ2n) is 4.70. The predicted octanol–water partition coefficient (Wildman–Crippen LogP) is 1.10. The van der Waals surface area contributed by atoms with Crippen molar-refractivity contribution in [2.45, 2.75) is 19.1 Å². The van der Waals surface area contributed by atoms with Gasteiger partial charge in [-0.05, 0) is 12.5 Å². The van der Waals surface area contributed by atoms with Gasteiger partial charge in [-0.1, -0.05) is 30.3 Å². The zero-order chi connectivity index (χ0) is 18.8. The first-order valence-electron chi connectivity index (χ1n) is 7.19. The third kappa shape index (κ3) is 6.56. The lowest BCUT2D eigenvalue weighted by atomic mass is 10.1. The fourth-order valence-electron chi connectivity index (χ4n) is 1.70. The number of methoxy groups -OCH3 is 2. The highest BCUT2D eigenvalue weighted by atomic mass is 16.6. The Labute approximate surface area is 144 Å². The average Bonchev–Trinajstić information content (AvgIpc) is 2.61. The van der Waals surface area contributed by atoms with Crippen molar-refractivity contribution in [1.82, 2.24) is 0 Å². The van der Waals surface area contributed by atoms with Gasteiger partial charge in [0.15, 0.2) is 12.2 Å². The summed E-state index contributed by atoms with van der Waals surface area (Å²) < 4.78 is 18.7. The summed E-state index contributed by atoms with van der Waals surface area (Å²) in [6.07, 6.45) is -0.819. The molecule has 0 saturated heterocycles. The first kappa shape index (κ1) is 20.0. The summed E-state index contributed by atoms with van der Waals surface area (Å²) in [6, 6.07) is 8.45. The monoisotopic (exact) mass is 350 g/mol. The molecule has 0 amide bonds. The predicted molar refractivity (Wildman–Crippen MR) is 84.0 cm³/mol. The van der Waals surface area contributed by atoms with E-state index in [9.17, 15) is 19.2 Å². The summed E-state index contributed by atoms with van der Waals surface area (Å²) in [5.74, 6) is -3.73. The maximum Gasteiger partial charge on any atom is 0.354 e. The standard InChI is InChI=1S/C17H18O8/c1-11(24-14(19)10-9-13(18)22-2)16(20)25-17(21)15(23-3)12-7-5-4-6-8-12/h4-11,15H,1-3H3/b10-9+. The van der Waals surface area contributed by atoms with Crippen LogP contribution in [0.2, 0.25) is 0 Å². The molecule has 0 aliphatic heterocycles. The number of hydrogen-bond donors (Lipinski definition) is 0. The number of benzene rings is 1. The Morgan fingerprint density at radius 1 is 0.920 bits per heavy atom. The second kappa shape index (κ2) is 9.99. The van der Waals surface area contributed by atoms with Crippen LogP contribution in [0.1, 0.15) is 18.6 Å². The van der Waals surface area contributed by atoms with Crippen molar-refractivity contribution < 1.29 is 38.1 Å². The molecule has 0 spiro atoms. The Bertz CT molecular complexity index is 650. The molecular weight excluding hydrogens is 332 g/mol. The van der Waals surface area contributed by atoms with E-state index in [1.54, 1.807) is 30.3 Å². The van der Waals surface area contributed by atoms with Crippen LogP contribution < -0.4 is 0 Å². The summed E-state index contributed by atoms with van der Waals surface area (Å²) in [5, 5.41) is 0. The lowest BCUT2D eigenvalue weighted by Crippen LogP contribution is -2.30. The van der Waals surface area contributed by atoms with Gasteiger partial charge in [0, 0.05) is 19.3 Å². The van der Waals surface area contributed by atoms with E-state index in [-0.39, 0.29) is 0 Å². The Hall–Kier alpha value is -3.00. The van der Waals surface area contributed by atoms with Gasteiger partial charge in [0.05, 0.1) is 7.11 Å². The summed E-state index contributed by atoms with van der Waals surface area (Å²) in [4.78, 5) is 46.2. The molecule has 25 heavy (non-hydrogen) atoms. The molecule has 0 fully saturated rings. The van der Waals surface area contributed by atoms with Crippen LogP contribution in [0.25, 0.3) is 0 Å². The third-order valence-corrected chi connectivity index (χ3v) is 2.93. The number of carbonyl (C=O) groups is 4. The molecule has 2 unspecified atom stereocenters. The SMILES string of the molecule is COC(=O)/C=C/C(=O)OC(C)C(=O)OC(=O)C(OC)c1ccccc1. The van der Waals surface area contributed by atoms with E-state index in [0.29, 0.717) is 5.56 Å². The van der Waals surface area contributed by atoms with Gasteiger partial charge in [0.1, 0.15) is 0 Å². The van der Waals surface area contributed by atoms with Gasteiger partial charge in [0.2, 0.25) is 0 Å². The normalized spacial score (nSPS) is 12.9. The van der Waals surface area contributed by atoms with Gasteiger partial charge in [-0.3, -0.25) is 0 Å².